The number of aromatic nitrogens is 2. The molecular formula is C10H8BrN3O2S. The Balaban J connectivity index is 2.39. The molecule has 1 aromatic carbocycles. The summed E-state index contributed by atoms with van der Waals surface area (Å²) in [7, 11) is 1.85. The van der Waals surface area contributed by atoms with E-state index in [1.807, 2.05) is 11.6 Å². The smallest absolute Gasteiger partial charge is 0.284 e. The minimum atomic E-state index is -0.393. The molecule has 0 spiro atoms. The lowest BCUT2D eigenvalue weighted by atomic mass is 10.3. The van der Waals surface area contributed by atoms with Crippen LogP contribution in [0.2, 0.25) is 0 Å². The molecule has 0 aliphatic heterocycles. The molecule has 2 aromatic rings. The van der Waals surface area contributed by atoms with Gasteiger partial charge in [-0.2, -0.15) is 0 Å². The minimum absolute atomic E-state index is 0.0763. The summed E-state index contributed by atoms with van der Waals surface area (Å²) < 4.78 is 2.50. The van der Waals surface area contributed by atoms with Gasteiger partial charge in [0.25, 0.3) is 5.69 Å². The van der Waals surface area contributed by atoms with Gasteiger partial charge in [-0.1, -0.05) is 15.9 Å². The van der Waals surface area contributed by atoms with E-state index in [-0.39, 0.29) is 5.69 Å². The Hall–Kier alpha value is -1.34. The molecule has 7 heteroatoms. The lowest BCUT2D eigenvalue weighted by Crippen LogP contribution is -1.93. The fraction of sp³-hybridized carbons (Fsp3) is 0.100. The number of rotatable bonds is 3. The van der Waals surface area contributed by atoms with Crippen molar-refractivity contribution in [3.8, 4) is 0 Å². The van der Waals surface area contributed by atoms with E-state index in [0.29, 0.717) is 9.37 Å². The van der Waals surface area contributed by atoms with Crippen LogP contribution in [-0.4, -0.2) is 14.5 Å². The first-order valence-electron chi connectivity index (χ1n) is 4.67. The predicted octanol–water partition coefficient (Wildman–Crippen LogP) is 3.24. The first kappa shape index (κ1) is 12.1. The first-order chi connectivity index (χ1) is 8.08. The van der Waals surface area contributed by atoms with Crippen LogP contribution in [-0.2, 0) is 7.05 Å². The fourth-order valence-electron chi connectivity index (χ4n) is 1.27. The molecule has 1 heterocycles. The molecule has 0 amide bonds. The van der Waals surface area contributed by atoms with Crippen LogP contribution in [0.1, 0.15) is 0 Å². The third-order valence-electron chi connectivity index (χ3n) is 2.10. The van der Waals surface area contributed by atoms with Crippen molar-refractivity contribution >= 4 is 33.4 Å². The Kier molecular flexibility index (Phi) is 3.49. The van der Waals surface area contributed by atoms with Gasteiger partial charge in [0, 0.05) is 30.0 Å². The highest BCUT2D eigenvalue weighted by Gasteiger charge is 2.16. The number of hydrogen-bond acceptors (Lipinski definition) is 4. The molecule has 0 bridgehead atoms. The molecule has 88 valence electrons. The molecule has 0 saturated heterocycles. The zero-order valence-corrected chi connectivity index (χ0v) is 11.2. The maximum Gasteiger partial charge on any atom is 0.284 e. The SMILES string of the molecule is Cn1ccnc1Sc1ccc(Br)cc1[N+](=O)[O-]. The number of nitrogens with zero attached hydrogens (tertiary/aromatic N) is 3. The van der Waals surface area contributed by atoms with E-state index < -0.39 is 4.92 Å². The maximum atomic E-state index is 10.9. The molecule has 0 aliphatic rings. The summed E-state index contributed by atoms with van der Waals surface area (Å²) >= 11 is 4.50. The third kappa shape index (κ3) is 2.67. The maximum absolute atomic E-state index is 10.9. The van der Waals surface area contributed by atoms with Crippen LogP contribution >= 0.6 is 27.7 Å². The summed E-state index contributed by atoms with van der Waals surface area (Å²) in [5, 5.41) is 11.6. The van der Waals surface area contributed by atoms with Crippen LogP contribution in [0.3, 0.4) is 0 Å². The quantitative estimate of drug-likeness (QED) is 0.644. The zero-order valence-electron chi connectivity index (χ0n) is 8.83. The summed E-state index contributed by atoms with van der Waals surface area (Å²) in [6.45, 7) is 0. The molecule has 0 aliphatic carbocycles. The van der Waals surface area contributed by atoms with Gasteiger partial charge in [-0.15, -0.1) is 0 Å². The molecule has 2 rings (SSSR count). The molecule has 0 N–H and O–H groups in total. The van der Waals surface area contributed by atoms with Crippen molar-refractivity contribution in [3.63, 3.8) is 0 Å². The van der Waals surface area contributed by atoms with Crippen LogP contribution in [0, 0.1) is 10.1 Å². The van der Waals surface area contributed by atoms with Crippen molar-refractivity contribution in [1.82, 2.24) is 9.55 Å². The molecule has 17 heavy (non-hydrogen) atoms. The summed E-state index contributed by atoms with van der Waals surface area (Å²) in [5.41, 5.74) is 0.0763. The average Bonchev–Trinajstić information content (AvgIpc) is 2.67. The highest BCUT2D eigenvalue weighted by atomic mass is 79.9. The van der Waals surface area contributed by atoms with Crippen molar-refractivity contribution in [3.05, 3.63) is 45.2 Å². The van der Waals surface area contributed by atoms with Gasteiger partial charge in [0.15, 0.2) is 5.16 Å². The summed E-state index contributed by atoms with van der Waals surface area (Å²) in [6.07, 6.45) is 3.46. The molecule has 0 atom stereocenters. The Labute approximate surface area is 110 Å². The van der Waals surface area contributed by atoms with Crippen molar-refractivity contribution in [1.29, 1.82) is 0 Å². The minimum Gasteiger partial charge on any atom is -0.329 e. The van der Waals surface area contributed by atoms with Crippen molar-refractivity contribution in [2.75, 3.05) is 0 Å². The monoisotopic (exact) mass is 313 g/mol. The number of hydrogen-bond donors (Lipinski definition) is 0. The number of aryl methyl sites for hydroxylation is 1. The number of nitro benzene ring substituents is 1. The van der Waals surface area contributed by atoms with Crippen LogP contribution in [0.15, 0.2) is 45.1 Å². The average molecular weight is 314 g/mol. The standard InChI is InChI=1S/C10H8BrN3O2S/c1-13-5-4-12-10(13)17-9-3-2-7(11)6-8(9)14(15)16/h2-6H,1H3. The van der Waals surface area contributed by atoms with Gasteiger partial charge in [-0.25, -0.2) is 4.98 Å². The Morgan fingerprint density at radius 2 is 2.29 bits per heavy atom. The summed E-state index contributed by atoms with van der Waals surface area (Å²) in [4.78, 5) is 15.2. The van der Waals surface area contributed by atoms with Gasteiger partial charge in [0.1, 0.15) is 0 Å². The summed E-state index contributed by atoms with van der Waals surface area (Å²) in [6, 6.07) is 4.98. The largest absolute Gasteiger partial charge is 0.329 e. The van der Waals surface area contributed by atoms with E-state index in [2.05, 4.69) is 20.9 Å². The second-order valence-electron chi connectivity index (χ2n) is 3.29. The van der Waals surface area contributed by atoms with E-state index in [0.717, 1.165) is 5.16 Å². The van der Waals surface area contributed by atoms with Crippen LogP contribution in [0.4, 0.5) is 5.69 Å². The topological polar surface area (TPSA) is 61.0 Å². The van der Waals surface area contributed by atoms with Crippen molar-refractivity contribution < 1.29 is 4.92 Å². The molecule has 0 radical (unpaired) electrons. The molecule has 0 fully saturated rings. The van der Waals surface area contributed by atoms with Crippen LogP contribution in [0.25, 0.3) is 0 Å². The second kappa shape index (κ2) is 4.89. The third-order valence-corrected chi connectivity index (χ3v) is 3.73. The highest BCUT2D eigenvalue weighted by molar-refractivity contribution is 9.10. The van der Waals surface area contributed by atoms with E-state index in [1.165, 1.54) is 17.8 Å². The number of nitro groups is 1. The second-order valence-corrected chi connectivity index (χ2v) is 5.22. The van der Waals surface area contributed by atoms with E-state index in [4.69, 9.17) is 0 Å². The van der Waals surface area contributed by atoms with Gasteiger partial charge in [-0.3, -0.25) is 10.1 Å². The van der Waals surface area contributed by atoms with E-state index >= 15 is 0 Å². The Bertz CT molecular complexity index is 570. The zero-order chi connectivity index (χ0) is 12.4. The van der Waals surface area contributed by atoms with Gasteiger partial charge >= 0.3 is 0 Å². The predicted molar refractivity (Wildman–Crippen MR) is 68.1 cm³/mol. The van der Waals surface area contributed by atoms with Crippen molar-refractivity contribution in [2.45, 2.75) is 10.1 Å². The van der Waals surface area contributed by atoms with E-state index in [1.54, 1.807) is 24.5 Å². The molecule has 0 unspecified atom stereocenters. The van der Waals surface area contributed by atoms with E-state index in [9.17, 15) is 10.1 Å². The van der Waals surface area contributed by atoms with Gasteiger partial charge in [-0.05, 0) is 23.9 Å². The normalized spacial score (nSPS) is 10.5. The van der Waals surface area contributed by atoms with Crippen LogP contribution in [0.5, 0.6) is 0 Å². The van der Waals surface area contributed by atoms with Gasteiger partial charge in [0.2, 0.25) is 0 Å². The van der Waals surface area contributed by atoms with Gasteiger partial charge in [0.05, 0.1) is 9.82 Å². The summed E-state index contributed by atoms with van der Waals surface area (Å²) in [5.74, 6) is 0. The number of imidazole rings is 1. The van der Waals surface area contributed by atoms with Gasteiger partial charge < -0.3 is 4.57 Å². The lowest BCUT2D eigenvalue weighted by molar-refractivity contribution is -0.387. The number of benzene rings is 1. The molecule has 0 saturated carbocycles. The Morgan fingerprint density at radius 3 is 2.88 bits per heavy atom. The molecule has 1 aromatic heterocycles. The van der Waals surface area contributed by atoms with Crippen molar-refractivity contribution in [2.24, 2.45) is 7.05 Å². The first-order valence-corrected chi connectivity index (χ1v) is 6.28. The molecule has 5 nitrogen and oxygen atoms in total. The highest BCUT2D eigenvalue weighted by Crippen LogP contribution is 2.35. The molecular weight excluding hydrogens is 306 g/mol. The Morgan fingerprint density at radius 1 is 1.53 bits per heavy atom. The van der Waals surface area contributed by atoms with Crippen LogP contribution < -0.4 is 0 Å². The number of halogens is 1. The lowest BCUT2D eigenvalue weighted by Gasteiger charge is -2.03. The fourth-order valence-corrected chi connectivity index (χ4v) is 2.51.